The van der Waals surface area contributed by atoms with Crippen molar-refractivity contribution in [2.45, 2.75) is 37.6 Å². The standard InChI is InChI=1S/C27H33FN6OS/c28-21-3-1-19(2-4-21)24-25(36-26(32-24)20-5-10-29-11-6-20)23-7-12-30-27(31-23)34-13-8-22(9-14-34)33-15-17-35-18-16-33/h1-4,7,12,20,22,29H,5-6,8-11,13-18H2. The number of anilines is 1. The largest absolute Gasteiger partial charge is 0.379 e. The monoisotopic (exact) mass is 508 g/mol. The Bertz CT molecular complexity index is 1150. The third-order valence-electron chi connectivity index (χ3n) is 7.63. The molecule has 9 heteroatoms. The normalized spacial score (nSPS) is 20.6. The second-order valence-electron chi connectivity index (χ2n) is 9.87. The van der Waals surface area contributed by atoms with Gasteiger partial charge in [0.2, 0.25) is 5.95 Å². The fraction of sp³-hybridized carbons (Fsp3) is 0.519. The van der Waals surface area contributed by atoms with Crippen LogP contribution in [0, 0.1) is 5.82 Å². The van der Waals surface area contributed by atoms with Crippen LogP contribution in [0.15, 0.2) is 36.5 Å². The summed E-state index contributed by atoms with van der Waals surface area (Å²) in [4.78, 5) is 20.7. The SMILES string of the molecule is Fc1ccc(-c2nc(C3CCNCC3)sc2-c2ccnc(N3CCC(N4CCOCC4)CC3)n2)cc1. The molecule has 7 nitrogen and oxygen atoms in total. The molecule has 1 N–H and O–H groups in total. The number of morpholine rings is 1. The second kappa shape index (κ2) is 10.9. The van der Waals surface area contributed by atoms with Gasteiger partial charge in [-0.05, 0) is 69.1 Å². The number of nitrogens with one attached hydrogen (secondary N) is 1. The zero-order chi connectivity index (χ0) is 24.3. The minimum Gasteiger partial charge on any atom is -0.379 e. The van der Waals surface area contributed by atoms with E-state index < -0.39 is 0 Å². The van der Waals surface area contributed by atoms with Gasteiger partial charge in [0, 0.05) is 49.9 Å². The Kier molecular flexibility index (Phi) is 7.23. The lowest BCUT2D eigenvalue weighted by molar-refractivity contribution is 0.0114. The van der Waals surface area contributed by atoms with Crippen LogP contribution in [-0.2, 0) is 4.74 Å². The highest BCUT2D eigenvalue weighted by Crippen LogP contribution is 2.40. The van der Waals surface area contributed by atoms with Crippen LogP contribution >= 0.6 is 11.3 Å². The summed E-state index contributed by atoms with van der Waals surface area (Å²) in [6.45, 7) is 7.71. The lowest BCUT2D eigenvalue weighted by Crippen LogP contribution is -2.49. The van der Waals surface area contributed by atoms with Gasteiger partial charge in [-0.15, -0.1) is 11.3 Å². The number of rotatable bonds is 5. The van der Waals surface area contributed by atoms with E-state index in [0.29, 0.717) is 12.0 Å². The maximum atomic E-state index is 13.7. The van der Waals surface area contributed by atoms with Crippen molar-refractivity contribution >= 4 is 17.3 Å². The number of hydrogen-bond acceptors (Lipinski definition) is 8. The average Bonchev–Trinajstić information content (AvgIpc) is 3.40. The van der Waals surface area contributed by atoms with Crippen molar-refractivity contribution in [3.63, 3.8) is 0 Å². The molecule has 0 spiro atoms. The van der Waals surface area contributed by atoms with E-state index in [1.165, 1.54) is 12.1 Å². The molecule has 0 bridgehead atoms. The number of thiazole rings is 1. The molecule has 0 radical (unpaired) electrons. The van der Waals surface area contributed by atoms with E-state index in [0.717, 1.165) is 111 Å². The molecule has 3 aliphatic heterocycles. The Hall–Kier alpha value is -2.46. The molecule has 0 aliphatic carbocycles. The highest BCUT2D eigenvalue weighted by atomic mass is 32.1. The Morgan fingerprint density at radius 3 is 2.42 bits per heavy atom. The van der Waals surface area contributed by atoms with Crippen molar-refractivity contribution in [2.75, 3.05) is 57.4 Å². The lowest BCUT2D eigenvalue weighted by Gasteiger charge is -2.40. The van der Waals surface area contributed by atoms with Gasteiger partial charge < -0.3 is 15.0 Å². The minimum absolute atomic E-state index is 0.237. The van der Waals surface area contributed by atoms with Crippen LogP contribution in [0.3, 0.4) is 0 Å². The van der Waals surface area contributed by atoms with Gasteiger partial charge in [0.05, 0.1) is 34.5 Å². The van der Waals surface area contributed by atoms with Crippen LogP contribution in [0.5, 0.6) is 0 Å². The summed E-state index contributed by atoms with van der Waals surface area (Å²) in [5.74, 6) is 0.999. The van der Waals surface area contributed by atoms with Crippen molar-refractivity contribution < 1.29 is 9.13 Å². The third-order valence-corrected chi connectivity index (χ3v) is 8.88. The Labute approximate surface area is 215 Å². The number of ether oxygens (including phenoxy) is 1. The van der Waals surface area contributed by atoms with Gasteiger partial charge in [0.25, 0.3) is 0 Å². The van der Waals surface area contributed by atoms with Crippen molar-refractivity contribution in [2.24, 2.45) is 0 Å². The minimum atomic E-state index is -0.237. The summed E-state index contributed by atoms with van der Waals surface area (Å²) in [5, 5.41) is 4.59. The molecule has 2 aromatic heterocycles. The topological polar surface area (TPSA) is 66.4 Å². The van der Waals surface area contributed by atoms with E-state index >= 15 is 0 Å². The van der Waals surface area contributed by atoms with E-state index in [2.05, 4.69) is 20.1 Å². The molecule has 3 fully saturated rings. The zero-order valence-electron chi connectivity index (χ0n) is 20.5. The first kappa shape index (κ1) is 23.9. The van der Waals surface area contributed by atoms with Gasteiger partial charge in [0.15, 0.2) is 0 Å². The van der Waals surface area contributed by atoms with Crippen LogP contribution in [0.1, 0.15) is 36.6 Å². The molecule has 3 aromatic rings. The number of nitrogens with zero attached hydrogens (tertiary/aromatic N) is 5. The van der Waals surface area contributed by atoms with Crippen LogP contribution in [0.25, 0.3) is 21.8 Å². The average molecular weight is 509 g/mol. The fourth-order valence-corrected chi connectivity index (χ4v) is 6.78. The fourth-order valence-electron chi connectivity index (χ4n) is 5.56. The van der Waals surface area contributed by atoms with Crippen LogP contribution < -0.4 is 10.2 Å². The van der Waals surface area contributed by atoms with Crippen LogP contribution in [-0.4, -0.2) is 78.4 Å². The van der Waals surface area contributed by atoms with E-state index in [-0.39, 0.29) is 5.82 Å². The van der Waals surface area contributed by atoms with Crippen LogP contribution in [0.4, 0.5) is 10.3 Å². The first-order valence-corrected chi connectivity index (χ1v) is 13.9. The van der Waals surface area contributed by atoms with Gasteiger partial charge in [-0.2, -0.15) is 0 Å². The lowest BCUT2D eigenvalue weighted by atomic mass is 9.99. The van der Waals surface area contributed by atoms with Gasteiger partial charge in [0.1, 0.15) is 5.82 Å². The van der Waals surface area contributed by atoms with Crippen molar-refractivity contribution in [3.05, 3.63) is 47.4 Å². The van der Waals surface area contributed by atoms with Crippen molar-refractivity contribution in [1.29, 1.82) is 0 Å². The second-order valence-corrected chi connectivity index (χ2v) is 10.9. The molecule has 3 saturated heterocycles. The van der Waals surface area contributed by atoms with E-state index in [4.69, 9.17) is 14.7 Å². The third kappa shape index (κ3) is 5.16. The molecule has 36 heavy (non-hydrogen) atoms. The first-order valence-electron chi connectivity index (χ1n) is 13.1. The molecule has 0 saturated carbocycles. The summed E-state index contributed by atoms with van der Waals surface area (Å²) in [7, 11) is 0. The molecular weight excluding hydrogens is 475 g/mol. The summed E-state index contributed by atoms with van der Waals surface area (Å²) in [5.41, 5.74) is 2.71. The summed E-state index contributed by atoms with van der Waals surface area (Å²) >= 11 is 1.73. The predicted octanol–water partition coefficient (Wildman–Crippen LogP) is 4.17. The van der Waals surface area contributed by atoms with E-state index in [1.54, 1.807) is 11.3 Å². The summed E-state index contributed by atoms with van der Waals surface area (Å²) in [6, 6.07) is 9.25. The van der Waals surface area contributed by atoms with Gasteiger partial charge in [-0.25, -0.2) is 19.3 Å². The van der Waals surface area contributed by atoms with Crippen LogP contribution in [0.2, 0.25) is 0 Å². The molecule has 5 heterocycles. The van der Waals surface area contributed by atoms with Crippen molar-refractivity contribution in [3.8, 4) is 21.8 Å². The van der Waals surface area contributed by atoms with Gasteiger partial charge in [-0.1, -0.05) is 0 Å². The highest BCUT2D eigenvalue weighted by molar-refractivity contribution is 7.15. The Morgan fingerprint density at radius 2 is 1.67 bits per heavy atom. The number of aromatic nitrogens is 3. The summed E-state index contributed by atoms with van der Waals surface area (Å²) in [6.07, 6.45) is 6.28. The molecule has 0 atom stereocenters. The van der Waals surface area contributed by atoms with Crippen molar-refractivity contribution in [1.82, 2.24) is 25.2 Å². The molecule has 6 rings (SSSR count). The molecule has 0 amide bonds. The zero-order valence-corrected chi connectivity index (χ0v) is 21.4. The number of piperidine rings is 2. The molecule has 3 aliphatic rings. The quantitative estimate of drug-likeness (QED) is 0.555. The molecule has 1 aromatic carbocycles. The Morgan fingerprint density at radius 1 is 0.917 bits per heavy atom. The molecular formula is C27H33FN6OS. The number of benzene rings is 1. The molecule has 190 valence electrons. The first-order chi connectivity index (χ1) is 17.7. The van der Waals surface area contributed by atoms with E-state index in [9.17, 15) is 4.39 Å². The molecule has 0 unspecified atom stereocenters. The predicted molar refractivity (Wildman–Crippen MR) is 141 cm³/mol. The van der Waals surface area contributed by atoms with Gasteiger partial charge >= 0.3 is 0 Å². The number of hydrogen-bond donors (Lipinski definition) is 1. The maximum absolute atomic E-state index is 13.7. The van der Waals surface area contributed by atoms with Gasteiger partial charge in [-0.3, -0.25) is 4.90 Å². The van der Waals surface area contributed by atoms with E-state index in [1.807, 2.05) is 24.4 Å². The highest BCUT2D eigenvalue weighted by Gasteiger charge is 2.28. The maximum Gasteiger partial charge on any atom is 0.225 e. The smallest absolute Gasteiger partial charge is 0.225 e. The Balaban J connectivity index is 1.26. The summed E-state index contributed by atoms with van der Waals surface area (Å²) < 4.78 is 19.2. The number of halogens is 1.